The fraction of sp³-hybridized carbons (Fsp3) is 0.357. The van der Waals surface area contributed by atoms with Crippen molar-refractivity contribution >= 4 is 11.8 Å². The molecule has 0 fully saturated rings. The predicted octanol–water partition coefficient (Wildman–Crippen LogP) is 3.47. The second kappa shape index (κ2) is 5.59. The molecule has 0 bridgehead atoms. The lowest BCUT2D eigenvalue weighted by Gasteiger charge is -2.19. The fourth-order valence-corrected chi connectivity index (χ4v) is 2.84. The number of aromatic nitrogens is 1. The first kappa shape index (κ1) is 13.2. The molecular weight excluding hydrogens is 244 g/mol. The molecule has 2 aromatic rings. The smallest absolute Gasteiger partial charge is 0.256 e. The molecule has 0 aliphatic heterocycles. The van der Waals surface area contributed by atoms with E-state index in [-0.39, 0.29) is 11.3 Å². The number of rotatable bonds is 4. The third-order valence-electron chi connectivity index (χ3n) is 2.67. The van der Waals surface area contributed by atoms with Crippen LogP contribution in [-0.4, -0.2) is 11.0 Å². The minimum absolute atomic E-state index is 0.0315. The van der Waals surface area contributed by atoms with Crippen LogP contribution in [0.15, 0.2) is 40.2 Å². The molecule has 2 atom stereocenters. The van der Waals surface area contributed by atoms with Gasteiger partial charge < -0.3 is 10.2 Å². The quantitative estimate of drug-likeness (QED) is 0.857. The van der Waals surface area contributed by atoms with Gasteiger partial charge in [0.2, 0.25) is 0 Å². The van der Waals surface area contributed by atoms with Gasteiger partial charge in [-0.2, -0.15) is 0 Å². The van der Waals surface area contributed by atoms with Crippen LogP contribution in [0, 0.1) is 13.8 Å². The first-order chi connectivity index (χ1) is 8.56. The Morgan fingerprint density at radius 2 is 2.11 bits per heavy atom. The first-order valence-corrected chi connectivity index (χ1v) is 6.85. The first-order valence-electron chi connectivity index (χ1n) is 5.97. The van der Waals surface area contributed by atoms with Crippen molar-refractivity contribution in [3.8, 4) is 0 Å². The topological polar surface area (TPSA) is 52.0 Å². The van der Waals surface area contributed by atoms with E-state index in [1.807, 2.05) is 13.8 Å². The van der Waals surface area contributed by atoms with Crippen molar-refractivity contribution in [1.82, 2.24) is 4.98 Å². The Morgan fingerprint density at radius 3 is 2.67 bits per heavy atom. The van der Waals surface area contributed by atoms with Crippen molar-refractivity contribution in [2.24, 2.45) is 5.73 Å². The number of nitrogens with zero attached hydrogens (tertiary/aromatic N) is 1. The van der Waals surface area contributed by atoms with Gasteiger partial charge in [-0.05, 0) is 26.3 Å². The van der Waals surface area contributed by atoms with E-state index in [1.165, 1.54) is 11.1 Å². The Kier molecular flexibility index (Phi) is 4.09. The third-order valence-corrected chi connectivity index (χ3v) is 4.02. The molecule has 0 radical (unpaired) electrons. The molecule has 0 saturated heterocycles. The van der Waals surface area contributed by atoms with Crippen LogP contribution in [0.5, 0.6) is 0 Å². The maximum absolute atomic E-state index is 6.08. The summed E-state index contributed by atoms with van der Waals surface area (Å²) in [5, 5.41) is 0.833. The molecule has 2 rings (SSSR count). The van der Waals surface area contributed by atoms with Crippen molar-refractivity contribution in [1.29, 1.82) is 0 Å². The monoisotopic (exact) mass is 262 g/mol. The van der Waals surface area contributed by atoms with Crippen molar-refractivity contribution in [3.63, 3.8) is 0 Å². The lowest BCUT2D eigenvalue weighted by Crippen LogP contribution is -2.22. The zero-order valence-corrected chi connectivity index (χ0v) is 11.7. The molecule has 3 nitrogen and oxygen atoms in total. The Morgan fingerprint density at radius 1 is 1.33 bits per heavy atom. The van der Waals surface area contributed by atoms with Gasteiger partial charge in [0.25, 0.3) is 5.22 Å². The van der Waals surface area contributed by atoms with E-state index in [2.05, 4.69) is 36.2 Å². The predicted molar refractivity (Wildman–Crippen MR) is 74.7 cm³/mol. The molecule has 18 heavy (non-hydrogen) atoms. The maximum Gasteiger partial charge on any atom is 0.256 e. The zero-order chi connectivity index (χ0) is 13.1. The zero-order valence-electron chi connectivity index (χ0n) is 10.9. The second-order valence-electron chi connectivity index (χ2n) is 4.57. The minimum atomic E-state index is 0.0315. The summed E-state index contributed by atoms with van der Waals surface area (Å²) in [4.78, 5) is 4.32. The molecule has 0 aliphatic rings. The van der Waals surface area contributed by atoms with Crippen molar-refractivity contribution in [3.05, 3.63) is 47.3 Å². The van der Waals surface area contributed by atoms with Gasteiger partial charge in [-0.3, -0.25) is 0 Å². The summed E-state index contributed by atoms with van der Waals surface area (Å²) in [6.45, 7) is 6.01. The van der Waals surface area contributed by atoms with E-state index in [4.69, 9.17) is 10.2 Å². The summed E-state index contributed by atoms with van der Waals surface area (Å²) in [6, 6.07) is 8.44. The van der Waals surface area contributed by atoms with Crippen LogP contribution in [0.1, 0.15) is 29.0 Å². The van der Waals surface area contributed by atoms with Gasteiger partial charge >= 0.3 is 0 Å². The number of benzene rings is 1. The standard InChI is InChI=1S/C14H18N2OS/c1-9-5-4-6-12(7-9)13(11(3)15)18-14-16-10(2)8-17-14/h4-8,11,13H,15H2,1-3H3. The number of nitrogens with two attached hydrogens (primary N) is 1. The Labute approximate surface area is 112 Å². The average Bonchev–Trinajstić information content (AvgIpc) is 2.71. The van der Waals surface area contributed by atoms with Gasteiger partial charge in [0.05, 0.1) is 10.9 Å². The third kappa shape index (κ3) is 3.15. The van der Waals surface area contributed by atoms with Crippen LogP contribution in [0.2, 0.25) is 0 Å². The number of oxazole rings is 1. The Hall–Kier alpha value is -1.26. The van der Waals surface area contributed by atoms with E-state index in [1.54, 1.807) is 18.0 Å². The Bertz CT molecular complexity index is 522. The summed E-state index contributed by atoms with van der Waals surface area (Å²) in [5.74, 6) is 0. The van der Waals surface area contributed by atoms with E-state index in [0.29, 0.717) is 5.22 Å². The summed E-state index contributed by atoms with van der Waals surface area (Å²) < 4.78 is 5.39. The van der Waals surface area contributed by atoms with E-state index in [9.17, 15) is 0 Å². The van der Waals surface area contributed by atoms with Crippen LogP contribution < -0.4 is 5.73 Å². The molecule has 0 amide bonds. The fourth-order valence-electron chi connectivity index (χ4n) is 1.82. The largest absolute Gasteiger partial charge is 0.440 e. The molecule has 96 valence electrons. The average molecular weight is 262 g/mol. The number of aryl methyl sites for hydroxylation is 2. The van der Waals surface area contributed by atoms with Gasteiger partial charge in [-0.15, -0.1) is 0 Å². The molecule has 0 saturated carbocycles. The SMILES string of the molecule is Cc1cccc(C(Sc2nc(C)co2)C(C)N)c1. The highest BCUT2D eigenvalue weighted by Gasteiger charge is 2.20. The molecule has 2 unspecified atom stereocenters. The van der Waals surface area contributed by atoms with E-state index in [0.717, 1.165) is 5.69 Å². The molecule has 1 heterocycles. The highest BCUT2D eigenvalue weighted by Crippen LogP contribution is 2.36. The van der Waals surface area contributed by atoms with E-state index < -0.39 is 0 Å². The van der Waals surface area contributed by atoms with Gasteiger partial charge in [-0.25, -0.2) is 4.98 Å². The molecule has 0 spiro atoms. The summed E-state index contributed by atoms with van der Waals surface area (Å²) >= 11 is 1.58. The summed E-state index contributed by atoms with van der Waals surface area (Å²) in [7, 11) is 0. The lowest BCUT2D eigenvalue weighted by atomic mass is 10.0. The van der Waals surface area contributed by atoms with Gasteiger partial charge in [0.15, 0.2) is 0 Å². The number of hydrogen-bond donors (Lipinski definition) is 1. The minimum Gasteiger partial charge on any atom is -0.440 e. The molecule has 1 aromatic carbocycles. The molecular formula is C14H18N2OS. The molecule has 4 heteroatoms. The van der Waals surface area contributed by atoms with Crippen molar-refractivity contribution < 1.29 is 4.42 Å². The molecule has 2 N–H and O–H groups in total. The van der Waals surface area contributed by atoms with Crippen molar-refractivity contribution in [2.75, 3.05) is 0 Å². The highest BCUT2D eigenvalue weighted by molar-refractivity contribution is 7.99. The summed E-state index contributed by atoms with van der Waals surface area (Å²) in [6.07, 6.45) is 1.66. The molecule has 0 aliphatic carbocycles. The van der Waals surface area contributed by atoms with E-state index >= 15 is 0 Å². The van der Waals surface area contributed by atoms with Gasteiger partial charge in [-0.1, -0.05) is 41.6 Å². The summed E-state index contributed by atoms with van der Waals surface area (Å²) in [5.41, 5.74) is 9.43. The van der Waals surface area contributed by atoms with Crippen LogP contribution in [0.3, 0.4) is 0 Å². The lowest BCUT2D eigenvalue weighted by molar-refractivity contribution is 0.452. The highest BCUT2D eigenvalue weighted by atomic mass is 32.2. The van der Waals surface area contributed by atoms with Crippen molar-refractivity contribution in [2.45, 2.75) is 37.3 Å². The Balaban J connectivity index is 2.23. The van der Waals surface area contributed by atoms with Crippen LogP contribution in [-0.2, 0) is 0 Å². The van der Waals surface area contributed by atoms with Crippen LogP contribution in [0.25, 0.3) is 0 Å². The normalized spacial score (nSPS) is 14.4. The van der Waals surface area contributed by atoms with Crippen LogP contribution >= 0.6 is 11.8 Å². The number of hydrogen-bond acceptors (Lipinski definition) is 4. The maximum atomic E-state index is 6.08. The second-order valence-corrected chi connectivity index (χ2v) is 5.66. The molecule has 1 aromatic heterocycles. The van der Waals surface area contributed by atoms with Gasteiger partial charge in [0, 0.05) is 6.04 Å². The van der Waals surface area contributed by atoms with Crippen LogP contribution in [0.4, 0.5) is 0 Å². The van der Waals surface area contributed by atoms with Gasteiger partial charge in [0.1, 0.15) is 6.26 Å². The number of thioether (sulfide) groups is 1.